The van der Waals surface area contributed by atoms with Crippen LogP contribution in [0.2, 0.25) is 0 Å². The Morgan fingerprint density at radius 2 is 1.83 bits per heavy atom. The summed E-state index contributed by atoms with van der Waals surface area (Å²) < 4.78 is 0. The molecule has 0 radical (unpaired) electrons. The number of aromatic amines is 1. The van der Waals surface area contributed by atoms with E-state index in [2.05, 4.69) is 44.7 Å². The van der Waals surface area contributed by atoms with Crippen molar-refractivity contribution in [2.45, 2.75) is 6.92 Å². The van der Waals surface area contributed by atoms with Gasteiger partial charge in [0.05, 0.1) is 11.4 Å². The second-order valence-corrected chi connectivity index (χ2v) is 5.70. The van der Waals surface area contributed by atoms with E-state index in [9.17, 15) is 5.11 Å². The summed E-state index contributed by atoms with van der Waals surface area (Å²) >= 11 is 0. The second kappa shape index (κ2) is 6.04. The Bertz CT molecular complexity index is 786. The van der Waals surface area contributed by atoms with Crippen LogP contribution in [0.5, 0.6) is 5.75 Å². The van der Waals surface area contributed by atoms with Crippen LogP contribution in [0, 0.1) is 6.92 Å². The highest BCUT2D eigenvalue weighted by atomic mass is 16.3. The Kier molecular flexibility index (Phi) is 3.93. The number of phenolic OH excluding ortho intramolecular Hbond substituents is 1. The summed E-state index contributed by atoms with van der Waals surface area (Å²) in [4.78, 5) is 2.06. The van der Waals surface area contributed by atoms with E-state index < -0.39 is 0 Å². The topological polar surface area (TPSA) is 64.2 Å². The molecule has 0 saturated carbocycles. The Morgan fingerprint density at radius 3 is 2.48 bits per heavy atom. The molecule has 3 N–H and O–H groups in total. The smallest absolute Gasteiger partial charge is 0.152 e. The summed E-state index contributed by atoms with van der Waals surface area (Å²) in [7, 11) is 4.03. The molecule has 5 heteroatoms. The maximum atomic E-state index is 9.95. The second-order valence-electron chi connectivity index (χ2n) is 5.70. The van der Waals surface area contributed by atoms with Crippen molar-refractivity contribution in [3.05, 3.63) is 54.1 Å². The summed E-state index contributed by atoms with van der Waals surface area (Å²) in [6.07, 6.45) is 0. The van der Waals surface area contributed by atoms with Crippen molar-refractivity contribution in [2.75, 3.05) is 24.3 Å². The number of rotatable bonds is 4. The van der Waals surface area contributed by atoms with Gasteiger partial charge in [-0.2, -0.15) is 5.10 Å². The number of benzene rings is 2. The number of anilines is 3. The summed E-state index contributed by atoms with van der Waals surface area (Å²) in [6.45, 7) is 1.94. The number of aromatic hydroxyl groups is 1. The van der Waals surface area contributed by atoms with Gasteiger partial charge in [-0.25, -0.2) is 0 Å². The molecular weight excluding hydrogens is 288 g/mol. The third kappa shape index (κ3) is 3.13. The van der Waals surface area contributed by atoms with Gasteiger partial charge in [-0.1, -0.05) is 24.3 Å². The molecule has 3 aromatic rings. The van der Waals surface area contributed by atoms with E-state index in [0.717, 1.165) is 22.5 Å². The standard InChI is InChI=1S/C18H20N4O/c1-12-5-4-6-16(23)18(12)19-17-11-15(20-21-17)13-7-9-14(10-8-13)22(2)3/h4-11,23H,1-3H3,(H2,19,20,21). The molecule has 0 aliphatic rings. The first-order chi connectivity index (χ1) is 11.0. The van der Waals surface area contributed by atoms with Gasteiger partial charge in [0.25, 0.3) is 0 Å². The molecule has 5 nitrogen and oxygen atoms in total. The molecule has 0 atom stereocenters. The van der Waals surface area contributed by atoms with E-state index in [0.29, 0.717) is 11.5 Å². The number of hydrogen-bond acceptors (Lipinski definition) is 4. The number of nitrogens with one attached hydrogen (secondary N) is 2. The molecule has 0 aliphatic heterocycles. The number of aryl methyl sites for hydroxylation is 1. The highest BCUT2D eigenvalue weighted by Gasteiger charge is 2.08. The van der Waals surface area contributed by atoms with Gasteiger partial charge < -0.3 is 15.3 Å². The van der Waals surface area contributed by atoms with E-state index in [1.165, 1.54) is 0 Å². The first-order valence-electron chi connectivity index (χ1n) is 7.43. The van der Waals surface area contributed by atoms with E-state index in [-0.39, 0.29) is 5.75 Å². The van der Waals surface area contributed by atoms with E-state index in [1.807, 2.05) is 39.2 Å². The van der Waals surface area contributed by atoms with Crippen molar-refractivity contribution < 1.29 is 5.11 Å². The molecule has 1 heterocycles. The summed E-state index contributed by atoms with van der Waals surface area (Å²) in [5, 5.41) is 20.4. The highest BCUT2D eigenvalue weighted by molar-refractivity contribution is 5.71. The third-order valence-electron chi connectivity index (χ3n) is 3.78. The average molecular weight is 308 g/mol. The largest absolute Gasteiger partial charge is 0.506 e. The molecule has 0 unspecified atom stereocenters. The van der Waals surface area contributed by atoms with Gasteiger partial charge in [0.2, 0.25) is 0 Å². The fourth-order valence-corrected chi connectivity index (χ4v) is 2.42. The van der Waals surface area contributed by atoms with Crippen LogP contribution in [0.3, 0.4) is 0 Å². The molecule has 0 amide bonds. The van der Waals surface area contributed by atoms with Crippen LogP contribution < -0.4 is 10.2 Å². The van der Waals surface area contributed by atoms with Crippen LogP contribution in [-0.4, -0.2) is 29.4 Å². The average Bonchev–Trinajstić information content (AvgIpc) is 3.00. The third-order valence-corrected chi connectivity index (χ3v) is 3.78. The minimum atomic E-state index is 0.213. The number of aromatic nitrogens is 2. The monoisotopic (exact) mass is 308 g/mol. The Morgan fingerprint density at radius 1 is 1.09 bits per heavy atom. The zero-order chi connectivity index (χ0) is 16.4. The predicted octanol–water partition coefficient (Wildman–Crippen LogP) is 3.90. The predicted molar refractivity (Wildman–Crippen MR) is 94.5 cm³/mol. The summed E-state index contributed by atoms with van der Waals surface area (Å²) in [5.74, 6) is 0.881. The van der Waals surface area contributed by atoms with Crippen LogP contribution in [-0.2, 0) is 0 Å². The molecule has 3 rings (SSSR count). The molecule has 2 aromatic carbocycles. The normalized spacial score (nSPS) is 10.6. The minimum absolute atomic E-state index is 0.213. The van der Waals surface area contributed by atoms with Gasteiger partial charge in [0.1, 0.15) is 5.75 Å². The molecule has 0 saturated heterocycles. The molecule has 0 bridgehead atoms. The van der Waals surface area contributed by atoms with Gasteiger partial charge >= 0.3 is 0 Å². The van der Waals surface area contributed by atoms with Crippen molar-refractivity contribution in [2.24, 2.45) is 0 Å². The van der Waals surface area contributed by atoms with Crippen LogP contribution in [0.25, 0.3) is 11.3 Å². The van der Waals surface area contributed by atoms with Crippen LogP contribution >= 0.6 is 0 Å². The number of phenols is 1. The molecule has 0 aliphatic carbocycles. The van der Waals surface area contributed by atoms with Crippen LogP contribution in [0.15, 0.2) is 48.5 Å². The summed E-state index contributed by atoms with van der Waals surface area (Å²) in [5.41, 5.74) is 4.77. The van der Waals surface area contributed by atoms with Crippen LogP contribution in [0.4, 0.5) is 17.2 Å². The Hall–Kier alpha value is -2.95. The summed E-state index contributed by atoms with van der Waals surface area (Å²) in [6, 6.07) is 15.6. The molecule has 1 aromatic heterocycles. The Balaban J connectivity index is 1.83. The van der Waals surface area contributed by atoms with Crippen molar-refractivity contribution >= 4 is 17.2 Å². The lowest BCUT2D eigenvalue weighted by Gasteiger charge is -2.12. The fourth-order valence-electron chi connectivity index (χ4n) is 2.42. The van der Waals surface area contributed by atoms with Crippen LogP contribution in [0.1, 0.15) is 5.56 Å². The van der Waals surface area contributed by atoms with E-state index in [4.69, 9.17) is 0 Å². The van der Waals surface area contributed by atoms with Gasteiger partial charge in [0.15, 0.2) is 5.82 Å². The lowest BCUT2D eigenvalue weighted by molar-refractivity contribution is 0.477. The van der Waals surface area contributed by atoms with Gasteiger partial charge in [-0.05, 0) is 36.2 Å². The van der Waals surface area contributed by atoms with Gasteiger partial charge in [-0.15, -0.1) is 0 Å². The molecule has 23 heavy (non-hydrogen) atoms. The van der Waals surface area contributed by atoms with Crippen molar-refractivity contribution in [1.29, 1.82) is 0 Å². The maximum Gasteiger partial charge on any atom is 0.152 e. The van der Waals surface area contributed by atoms with Crippen molar-refractivity contribution in [3.63, 3.8) is 0 Å². The molecule has 0 fully saturated rings. The SMILES string of the molecule is Cc1cccc(O)c1Nc1cc(-c2ccc(N(C)C)cc2)[nH]n1. The lowest BCUT2D eigenvalue weighted by Crippen LogP contribution is -2.07. The minimum Gasteiger partial charge on any atom is -0.506 e. The molecule has 118 valence electrons. The highest BCUT2D eigenvalue weighted by Crippen LogP contribution is 2.30. The van der Waals surface area contributed by atoms with E-state index >= 15 is 0 Å². The number of nitrogens with zero attached hydrogens (tertiary/aromatic N) is 2. The number of para-hydroxylation sites is 1. The molecular formula is C18H20N4O. The van der Waals surface area contributed by atoms with Crippen molar-refractivity contribution in [1.82, 2.24) is 10.2 Å². The van der Waals surface area contributed by atoms with E-state index in [1.54, 1.807) is 6.07 Å². The van der Waals surface area contributed by atoms with Gasteiger partial charge in [0, 0.05) is 25.8 Å². The van der Waals surface area contributed by atoms with Gasteiger partial charge in [-0.3, -0.25) is 5.10 Å². The molecule has 0 spiro atoms. The quantitative estimate of drug-likeness (QED) is 0.640. The number of hydrogen-bond donors (Lipinski definition) is 3. The first-order valence-corrected chi connectivity index (χ1v) is 7.43. The number of H-pyrrole nitrogens is 1. The zero-order valence-corrected chi connectivity index (χ0v) is 13.5. The first kappa shape index (κ1) is 15.0. The zero-order valence-electron chi connectivity index (χ0n) is 13.5. The lowest BCUT2D eigenvalue weighted by atomic mass is 10.1. The fraction of sp³-hybridized carbons (Fsp3) is 0.167. The Labute approximate surface area is 135 Å². The maximum absolute atomic E-state index is 9.95. The van der Waals surface area contributed by atoms with Crippen molar-refractivity contribution in [3.8, 4) is 17.0 Å².